The maximum absolute atomic E-state index is 12.4. The first-order chi connectivity index (χ1) is 14.6. The Balaban J connectivity index is 1.40. The van der Waals surface area contributed by atoms with Crippen molar-refractivity contribution in [1.29, 1.82) is 0 Å². The molecule has 0 aromatic heterocycles. The predicted octanol–water partition coefficient (Wildman–Crippen LogP) is 2.88. The number of amides is 1. The quantitative estimate of drug-likeness (QED) is 0.578. The number of fused-ring (bicyclic) bond motifs is 1. The van der Waals surface area contributed by atoms with Crippen LogP contribution < -0.4 is 19.5 Å². The molecule has 7 nitrogen and oxygen atoms in total. The number of carbonyl (C=O) groups excluding carboxylic acids is 1. The molecule has 1 aliphatic rings. The predicted molar refractivity (Wildman–Crippen MR) is 119 cm³/mol. The van der Waals surface area contributed by atoms with Crippen LogP contribution in [0.15, 0.2) is 41.3 Å². The summed E-state index contributed by atoms with van der Waals surface area (Å²) in [4.78, 5) is 12.2. The van der Waals surface area contributed by atoms with Crippen LogP contribution in [-0.2, 0) is 21.2 Å². The van der Waals surface area contributed by atoms with E-state index in [1.807, 2.05) is 45.9 Å². The van der Waals surface area contributed by atoms with Crippen molar-refractivity contribution in [2.75, 3.05) is 19.7 Å². The van der Waals surface area contributed by atoms with Crippen molar-refractivity contribution in [3.8, 4) is 11.5 Å². The summed E-state index contributed by atoms with van der Waals surface area (Å²) in [5.74, 6) is 1.18. The fourth-order valence-corrected chi connectivity index (χ4v) is 4.52. The smallest absolute Gasteiger partial charge is 0.240 e. The van der Waals surface area contributed by atoms with E-state index in [9.17, 15) is 13.2 Å². The van der Waals surface area contributed by atoms with Crippen LogP contribution in [0.3, 0.4) is 0 Å². The highest BCUT2D eigenvalue weighted by atomic mass is 32.2. The summed E-state index contributed by atoms with van der Waals surface area (Å²) in [6.45, 7) is 8.48. The maximum Gasteiger partial charge on any atom is 0.240 e. The number of hydrogen-bond acceptors (Lipinski definition) is 5. The van der Waals surface area contributed by atoms with Gasteiger partial charge in [-0.2, -0.15) is 0 Å². The van der Waals surface area contributed by atoms with Crippen LogP contribution >= 0.6 is 0 Å². The molecule has 2 aromatic rings. The van der Waals surface area contributed by atoms with E-state index in [4.69, 9.17) is 9.47 Å². The second-order valence-corrected chi connectivity index (χ2v) is 10.1. The Labute approximate surface area is 184 Å². The third kappa shape index (κ3) is 5.98. The molecule has 0 fully saturated rings. The van der Waals surface area contributed by atoms with E-state index in [2.05, 4.69) is 10.0 Å². The monoisotopic (exact) mass is 446 g/mol. The molecule has 0 aliphatic carbocycles. The molecule has 1 heterocycles. The van der Waals surface area contributed by atoms with E-state index in [1.54, 1.807) is 18.2 Å². The number of hydrogen-bond donors (Lipinski definition) is 2. The third-order valence-electron chi connectivity index (χ3n) is 5.17. The Hall–Kier alpha value is -2.58. The lowest BCUT2D eigenvalue weighted by Crippen LogP contribution is -2.32. The van der Waals surface area contributed by atoms with Crippen LogP contribution in [-0.4, -0.2) is 39.6 Å². The van der Waals surface area contributed by atoms with Crippen molar-refractivity contribution in [2.45, 2.75) is 51.0 Å². The SMILES string of the molecule is Cc1ccc(S(=O)(=O)NCCC(=O)NCCOc2cccc3c2OC(C)(C)C3)cc1C. The molecule has 2 aromatic carbocycles. The molecule has 31 heavy (non-hydrogen) atoms. The molecule has 1 amide bonds. The number of nitrogens with one attached hydrogen (secondary N) is 2. The van der Waals surface area contributed by atoms with E-state index in [0.717, 1.165) is 28.9 Å². The van der Waals surface area contributed by atoms with Crippen LogP contribution in [0, 0.1) is 13.8 Å². The van der Waals surface area contributed by atoms with Gasteiger partial charge in [0.25, 0.3) is 0 Å². The molecule has 1 aliphatic heterocycles. The van der Waals surface area contributed by atoms with Crippen molar-refractivity contribution in [1.82, 2.24) is 10.0 Å². The van der Waals surface area contributed by atoms with Gasteiger partial charge in [0, 0.05) is 24.9 Å². The van der Waals surface area contributed by atoms with Gasteiger partial charge in [-0.05, 0) is 57.0 Å². The molecule has 0 saturated heterocycles. The van der Waals surface area contributed by atoms with Gasteiger partial charge >= 0.3 is 0 Å². The van der Waals surface area contributed by atoms with Crippen LogP contribution in [0.25, 0.3) is 0 Å². The Morgan fingerprint density at radius 3 is 2.65 bits per heavy atom. The van der Waals surface area contributed by atoms with Crippen molar-refractivity contribution in [2.24, 2.45) is 0 Å². The van der Waals surface area contributed by atoms with E-state index in [-0.39, 0.29) is 29.4 Å². The van der Waals surface area contributed by atoms with Gasteiger partial charge in [-0.3, -0.25) is 4.79 Å². The van der Waals surface area contributed by atoms with Gasteiger partial charge in [0.2, 0.25) is 15.9 Å². The number of ether oxygens (including phenoxy) is 2. The zero-order valence-corrected chi connectivity index (χ0v) is 19.3. The molecule has 3 rings (SSSR count). The van der Waals surface area contributed by atoms with Crippen LogP contribution in [0.2, 0.25) is 0 Å². The Morgan fingerprint density at radius 2 is 1.90 bits per heavy atom. The molecular formula is C23H30N2O5S. The standard InChI is InChI=1S/C23H30N2O5S/c1-16-8-9-19(14-17(16)2)31(27,28)25-11-10-21(26)24-12-13-29-20-7-5-6-18-15-23(3,4)30-22(18)20/h5-9,14,25H,10-13,15H2,1-4H3,(H,24,26). The first-order valence-corrected chi connectivity index (χ1v) is 11.8. The topological polar surface area (TPSA) is 93.7 Å². The lowest BCUT2D eigenvalue weighted by Gasteiger charge is -2.18. The fraction of sp³-hybridized carbons (Fsp3) is 0.435. The number of carbonyl (C=O) groups is 1. The Morgan fingerprint density at radius 1 is 1.13 bits per heavy atom. The maximum atomic E-state index is 12.4. The number of aryl methyl sites for hydroxylation is 2. The van der Waals surface area contributed by atoms with Crippen molar-refractivity contribution < 1.29 is 22.7 Å². The molecule has 8 heteroatoms. The third-order valence-corrected chi connectivity index (χ3v) is 6.63. The van der Waals surface area contributed by atoms with Crippen molar-refractivity contribution >= 4 is 15.9 Å². The molecule has 0 unspecified atom stereocenters. The number of sulfonamides is 1. The summed E-state index contributed by atoms with van der Waals surface area (Å²) in [5, 5.41) is 2.74. The summed E-state index contributed by atoms with van der Waals surface area (Å²) in [7, 11) is -3.64. The lowest BCUT2D eigenvalue weighted by molar-refractivity contribution is -0.121. The summed E-state index contributed by atoms with van der Waals surface area (Å²) < 4.78 is 38.9. The van der Waals surface area contributed by atoms with Gasteiger partial charge in [0.1, 0.15) is 12.2 Å². The first kappa shape index (κ1) is 23.1. The van der Waals surface area contributed by atoms with Gasteiger partial charge < -0.3 is 14.8 Å². The van der Waals surface area contributed by atoms with E-state index >= 15 is 0 Å². The fourth-order valence-electron chi connectivity index (χ4n) is 3.40. The van der Waals surface area contributed by atoms with Gasteiger partial charge in [0.05, 0.1) is 11.4 Å². The van der Waals surface area contributed by atoms with Crippen molar-refractivity contribution in [3.63, 3.8) is 0 Å². The molecule has 0 saturated carbocycles. The summed E-state index contributed by atoms with van der Waals surface area (Å²) in [5.41, 5.74) is 2.79. The number of rotatable bonds is 9. The molecule has 168 valence electrons. The minimum absolute atomic E-state index is 0.0249. The highest BCUT2D eigenvalue weighted by Gasteiger charge is 2.32. The number of benzene rings is 2. The van der Waals surface area contributed by atoms with Gasteiger partial charge in [-0.1, -0.05) is 18.2 Å². The summed E-state index contributed by atoms with van der Waals surface area (Å²) in [6.07, 6.45) is 0.871. The molecule has 0 bridgehead atoms. The van der Waals surface area contributed by atoms with E-state index in [1.165, 1.54) is 0 Å². The van der Waals surface area contributed by atoms with Crippen LogP contribution in [0.4, 0.5) is 0 Å². The summed E-state index contributed by atoms with van der Waals surface area (Å²) >= 11 is 0. The largest absolute Gasteiger partial charge is 0.488 e. The average molecular weight is 447 g/mol. The van der Waals surface area contributed by atoms with Gasteiger partial charge in [0.15, 0.2) is 11.5 Å². The molecular weight excluding hydrogens is 416 g/mol. The average Bonchev–Trinajstić information content (AvgIpc) is 3.01. The van der Waals surface area contributed by atoms with Gasteiger partial charge in [-0.25, -0.2) is 13.1 Å². The van der Waals surface area contributed by atoms with Crippen LogP contribution in [0.1, 0.15) is 37.0 Å². The number of para-hydroxylation sites is 1. The first-order valence-electron chi connectivity index (χ1n) is 10.3. The molecule has 2 N–H and O–H groups in total. The highest BCUT2D eigenvalue weighted by Crippen LogP contribution is 2.41. The van der Waals surface area contributed by atoms with Crippen molar-refractivity contribution in [3.05, 3.63) is 53.1 Å². The Bertz CT molecular complexity index is 1060. The highest BCUT2D eigenvalue weighted by molar-refractivity contribution is 7.89. The van der Waals surface area contributed by atoms with Gasteiger partial charge in [-0.15, -0.1) is 0 Å². The van der Waals surface area contributed by atoms with Crippen LogP contribution in [0.5, 0.6) is 11.5 Å². The minimum Gasteiger partial charge on any atom is -0.488 e. The van der Waals surface area contributed by atoms with E-state index in [0.29, 0.717) is 18.9 Å². The zero-order chi connectivity index (χ0) is 22.6. The molecule has 0 spiro atoms. The Kier molecular flexibility index (Phi) is 6.91. The lowest BCUT2D eigenvalue weighted by atomic mass is 10.0. The molecule has 0 radical (unpaired) electrons. The summed E-state index contributed by atoms with van der Waals surface area (Å²) in [6, 6.07) is 10.8. The molecule has 0 atom stereocenters. The van der Waals surface area contributed by atoms with E-state index < -0.39 is 10.0 Å². The zero-order valence-electron chi connectivity index (χ0n) is 18.4. The second kappa shape index (κ2) is 9.28. The normalized spacial score (nSPS) is 14.6. The second-order valence-electron chi connectivity index (χ2n) is 8.38. The minimum atomic E-state index is -3.64.